The Hall–Kier alpha value is -3.82. The molecule has 0 saturated heterocycles. The summed E-state index contributed by atoms with van der Waals surface area (Å²) in [5, 5.41) is 7.81. The SMILES string of the molecule is COc1ccc(Sc2ccc(C(=O)NCCCN)cc2NC(=O)NC(=O)c2ccccc2)cc1. The van der Waals surface area contributed by atoms with Crippen molar-refractivity contribution in [1.82, 2.24) is 10.6 Å². The number of benzene rings is 3. The lowest BCUT2D eigenvalue weighted by molar-refractivity contribution is 0.0948. The molecule has 0 bridgehead atoms. The largest absolute Gasteiger partial charge is 0.497 e. The van der Waals surface area contributed by atoms with Gasteiger partial charge in [-0.05, 0) is 67.6 Å². The van der Waals surface area contributed by atoms with Crippen molar-refractivity contribution in [3.63, 3.8) is 0 Å². The predicted octanol–water partition coefficient (Wildman–Crippen LogP) is 3.89. The van der Waals surface area contributed by atoms with E-state index < -0.39 is 11.9 Å². The number of rotatable bonds is 9. The van der Waals surface area contributed by atoms with Crippen LogP contribution in [0.25, 0.3) is 0 Å². The number of methoxy groups -OCH3 is 1. The number of hydrogen-bond acceptors (Lipinski definition) is 6. The highest BCUT2D eigenvalue weighted by molar-refractivity contribution is 7.99. The summed E-state index contributed by atoms with van der Waals surface area (Å²) < 4.78 is 5.19. The van der Waals surface area contributed by atoms with E-state index in [2.05, 4.69) is 16.0 Å². The van der Waals surface area contributed by atoms with Gasteiger partial charge in [0.15, 0.2) is 0 Å². The molecule has 0 heterocycles. The van der Waals surface area contributed by atoms with E-state index in [-0.39, 0.29) is 5.91 Å². The Bertz CT molecular complexity index is 1140. The summed E-state index contributed by atoms with van der Waals surface area (Å²) in [5.74, 6) is -0.0811. The summed E-state index contributed by atoms with van der Waals surface area (Å²) in [5.41, 5.74) is 6.61. The van der Waals surface area contributed by atoms with Crippen molar-refractivity contribution in [1.29, 1.82) is 0 Å². The van der Waals surface area contributed by atoms with Gasteiger partial charge < -0.3 is 21.1 Å². The van der Waals surface area contributed by atoms with Gasteiger partial charge in [0.1, 0.15) is 5.75 Å². The molecule has 34 heavy (non-hydrogen) atoms. The second-order valence-electron chi connectivity index (χ2n) is 7.16. The molecule has 5 N–H and O–H groups in total. The number of carbonyl (C=O) groups excluding carboxylic acids is 3. The van der Waals surface area contributed by atoms with Gasteiger partial charge >= 0.3 is 6.03 Å². The van der Waals surface area contributed by atoms with Crippen molar-refractivity contribution >= 4 is 35.3 Å². The lowest BCUT2D eigenvalue weighted by atomic mass is 10.2. The van der Waals surface area contributed by atoms with Gasteiger partial charge in [-0.3, -0.25) is 14.9 Å². The zero-order valence-corrected chi connectivity index (χ0v) is 19.5. The molecule has 0 aliphatic heterocycles. The van der Waals surface area contributed by atoms with E-state index in [1.807, 2.05) is 24.3 Å². The lowest BCUT2D eigenvalue weighted by Crippen LogP contribution is -2.34. The van der Waals surface area contributed by atoms with Gasteiger partial charge in [-0.15, -0.1) is 0 Å². The number of amides is 4. The maximum absolute atomic E-state index is 12.6. The van der Waals surface area contributed by atoms with Crippen LogP contribution in [0.2, 0.25) is 0 Å². The zero-order valence-electron chi connectivity index (χ0n) is 18.7. The number of nitrogens with one attached hydrogen (secondary N) is 3. The number of urea groups is 1. The van der Waals surface area contributed by atoms with Crippen LogP contribution in [0.3, 0.4) is 0 Å². The number of carbonyl (C=O) groups is 3. The van der Waals surface area contributed by atoms with Crippen LogP contribution in [0.15, 0.2) is 82.6 Å². The molecule has 0 unspecified atom stereocenters. The van der Waals surface area contributed by atoms with Gasteiger partial charge in [0.2, 0.25) is 0 Å². The number of ether oxygens (including phenoxy) is 1. The molecule has 0 fully saturated rings. The highest BCUT2D eigenvalue weighted by Gasteiger charge is 2.15. The Morgan fingerprint density at radius 3 is 2.32 bits per heavy atom. The normalized spacial score (nSPS) is 10.3. The number of nitrogens with two attached hydrogens (primary N) is 1. The molecule has 0 aliphatic carbocycles. The Balaban J connectivity index is 1.80. The monoisotopic (exact) mass is 478 g/mol. The van der Waals surface area contributed by atoms with E-state index in [4.69, 9.17) is 10.5 Å². The molecule has 0 radical (unpaired) electrons. The summed E-state index contributed by atoms with van der Waals surface area (Å²) in [6, 6.07) is 20.2. The van der Waals surface area contributed by atoms with Crippen molar-refractivity contribution < 1.29 is 19.1 Å². The minimum atomic E-state index is -0.703. The molecule has 3 aromatic rings. The summed E-state index contributed by atoms with van der Waals surface area (Å²) in [6.07, 6.45) is 0.659. The van der Waals surface area contributed by atoms with Gasteiger partial charge in [0.05, 0.1) is 12.8 Å². The van der Waals surface area contributed by atoms with Crippen LogP contribution in [0.4, 0.5) is 10.5 Å². The van der Waals surface area contributed by atoms with Crippen molar-refractivity contribution in [2.75, 3.05) is 25.5 Å². The summed E-state index contributed by atoms with van der Waals surface area (Å²) in [7, 11) is 1.59. The molecule has 176 valence electrons. The van der Waals surface area contributed by atoms with Crippen LogP contribution in [0.5, 0.6) is 5.75 Å². The molecule has 4 amide bonds. The first-order valence-corrected chi connectivity index (χ1v) is 11.4. The first-order valence-electron chi connectivity index (χ1n) is 10.6. The molecule has 0 saturated carbocycles. The van der Waals surface area contributed by atoms with Crippen LogP contribution in [0, 0.1) is 0 Å². The fourth-order valence-electron chi connectivity index (χ4n) is 2.95. The number of anilines is 1. The second kappa shape index (κ2) is 12.4. The minimum absolute atomic E-state index is 0.279. The van der Waals surface area contributed by atoms with E-state index in [1.54, 1.807) is 55.6 Å². The fourth-order valence-corrected chi connectivity index (χ4v) is 3.84. The molecule has 9 heteroatoms. The molecule has 0 spiro atoms. The first kappa shape index (κ1) is 24.8. The second-order valence-corrected chi connectivity index (χ2v) is 8.28. The van der Waals surface area contributed by atoms with Crippen molar-refractivity contribution in [3.05, 3.63) is 83.9 Å². The van der Waals surface area contributed by atoms with Crippen molar-refractivity contribution in [2.24, 2.45) is 5.73 Å². The Morgan fingerprint density at radius 2 is 1.65 bits per heavy atom. The topological polar surface area (TPSA) is 123 Å². The molecule has 0 aromatic heterocycles. The maximum atomic E-state index is 12.6. The van der Waals surface area contributed by atoms with E-state index in [9.17, 15) is 14.4 Å². The average molecular weight is 479 g/mol. The van der Waals surface area contributed by atoms with Gasteiger partial charge in [-0.1, -0.05) is 30.0 Å². The minimum Gasteiger partial charge on any atom is -0.497 e. The summed E-state index contributed by atoms with van der Waals surface area (Å²) in [4.78, 5) is 39.0. The molecule has 0 atom stereocenters. The van der Waals surface area contributed by atoms with E-state index >= 15 is 0 Å². The van der Waals surface area contributed by atoms with Crippen molar-refractivity contribution in [3.8, 4) is 5.75 Å². The number of hydrogen-bond donors (Lipinski definition) is 4. The zero-order chi connectivity index (χ0) is 24.3. The van der Waals surface area contributed by atoms with Crippen LogP contribution in [-0.2, 0) is 0 Å². The third-order valence-electron chi connectivity index (χ3n) is 4.71. The predicted molar refractivity (Wildman–Crippen MR) is 132 cm³/mol. The lowest BCUT2D eigenvalue weighted by Gasteiger charge is -2.14. The molecular formula is C25H26N4O4S. The van der Waals surface area contributed by atoms with Crippen LogP contribution in [0.1, 0.15) is 27.1 Å². The van der Waals surface area contributed by atoms with Crippen LogP contribution >= 0.6 is 11.8 Å². The Labute approximate surface area is 202 Å². The van der Waals surface area contributed by atoms with E-state index in [1.165, 1.54) is 11.8 Å². The van der Waals surface area contributed by atoms with Gasteiger partial charge in [0.25, 0.3) is 11.8 Å². The molecule has 0 aliphatic rings. The van der Waals surface area contributed by atoms with E-state index in [0.29, 0.717) is 41.2 Å². The standard InChI is InChI=1S/C25H26N4O4S/c1-33-19-9-11-20(12-10-19)34-22-13-8-18(23(30)27-15-5-14-26)16-21(22)28-25(32)29-24(31)17-6-3-2-4-7-17/h2-4,6-13,16H,5,14-15,26H2,1H3,(H,27,30)(H2,28,29,31,32). The molecule has 8 nitrogen and oxygen atoms in total. The van der Waals surface area contributed by atoms with Crippen LogP contribution in [-0.4, -0.2) is 38.0 Å². The summed E-state index contributed by atoms with van der Waals surface area (Å²) >= 11 is 1.40. The van der Waals surface area contributed by atoms with Gasteiger partial charge in [-0.2, -0.15) is 0 Å². The first-order chi connectivity index (χ1) is 16.5. The van der Waals surface area contributed by atoms with Crippen LogP contribution < -0.4 is 26.4 Å². The summed E-state index contributed by atoms with van der Waals surface area (Å²) in [6.45, 7) is 0.923. The molecule has 3 rings (SSSR count). The van der Waals surface area contributed by atoms with Crippen molar-refractivity contribution in [2.45, 2.75) is 16.2 Å². The van der Waals surface area contributed by atoms with E-state index in [0.717, 1.165) is 10.6 Å². The Kier molecular flexibility index (Phi) is 9.07. The molecular weight excluding hydrogens is 452 g/mol. The van der Waals surface area contributed by atoms with Gasteiger partial charge in [-0.25, -0.2) is 4.79 Å². The number of imide groups is 1. The quantitative estimate of drug-likeness (QED) is 0.346. The highest BCUT2D eigenvalue weighted by Crippen LogP contribution is 2.35. The third-order valence-corrected chi connectivity index (χ3v) is 5.79. The Morgan fingerprint density at radius 1 is 0.912 bits per heavy atom. The molecule has 3 aromatic carbocycles. The van der Waals surface area contributed by atoms with Gasteiger partial charge in [0, 0.05) is 27.5 Å². The highest BCUT2D eigenvalue weighted by atomic mass is 32.2. The maximum Gasteiger partial charge on any atom is 0.326 e. The fraction of sp³-hybridized carbons (Fsp3) is 0.160. The third kappa shape index (κ3) is 7.09. The average Bonchev–Trinajstić information content (AvgIpc) is 2.86. The smallest absolute Gasteiger partial charge is 0.326 e.